The van der Waals surface area contributed by atoms with Crippen molar-refractivity contribution in [2.45, 2.75) is 44.4 Å². The van der Waals surface area contributed by atoms with Gasteiger partial charge in [0.05, 0.1) is 5.39 Å². The van der Waals surface area contributed by atoms with Crippen molar-refractivity contribution in [3.63, 3.8) is 0 Å². The zero-order valence-corrected chi connectivity index (χ0v) is 14.0. The number of aromatic nitrogens is 2. The topological polar surface area (TPSA) is 75.9 Å². The molecule has 2 aromatic heterocycles. The molecule has 2 unspecified atom stereocenters. The van der Waals surface area contributed by atoms with Gasteiger partial charge in [-0.15, -0.1) is 11.3 Å². The summed E-state index contributed by atoms with van der Waals surface area (Å²) in [4.78, 5) is 11.2. The molecule has 0 saturated heterocycles. The zero-order valence-electron chi connectivity index (χ0n) is 12.3. The number of hydrogen-bond acceptors (Lipinski definition) is 7. The Bertz CT molecular complexity index is 627. The van der Waals surface area contributed by atoms with Crippen LogP contribution in [-0.2, 0) is 0 Å². The van der Waals surface area contributed by atoms with Gasteiger partial charge in [-0.3, -0.25) is 5.43 Å². The van der Waals surface area contributed by atoms with Crippen LogP contribution >= 0.6 is 23.1 Å². The number of hydrogen-bond donors (Lipinski definition) is 3. The average Bonchev–Trinajstić information content (AvgIpc) is 3.05. The number of aryl methyl sites for hydroxylation is 1. The molecule has 0 aromatic carbocycles. The van der Waals surface area contributed by atoms with Crippen LogP contribution in [-0.4, -0.2) is 27.0 Å². The number of nitrogens with one attached hydrogen (secondary N) is 2. The largest absolute Gasteiger partial charge is 0.366 e. The van der Waals surface area contributed by atoms with Gasteiger partial charge in [-0.25, -0.2) is 10.8 Å². The molecule has 5 nitrogen and oxygen atoms in total. The molecule has 2 aromatic rings. The van der Waals surface area contributed by atoms with Gasteiger partial charge in [-0.05, 0) is 31.6 Å². The Hall–Kier alpha value is -1.05. The van der Waals surface area contributed by atoms with Crippen molar-refractivity contribution in [3.05, 3.63) is 10.9 Å². The fraction of sp³-hybridized carbons (Fsp3) is 0.571. The van der Waals surface area contributed by atoms with Crippen molar-refractivity contribution >= 4 is 45.1 Å². The van der Waals surface area contributed by atoms with E-state index in [0.717, 1.165) is 21.8 Å². The number of rotatable bonds is 5. The second-order valence-corrected chi connectivity index (χ2v) is 8.04. The number of nitrogen functional groups attached to an aromatic ring is 1. The number of thioether (sulfide) groups is 1. The first-order valence-corrected chi connectivity index (χ1v) is 9.20. The van der Waals surface area contributed by atoms with E-state index in [1.54, 1.807) is 11.3 Å². The maximum absolute atomic E-state index is 5.50. The van der Waals surface area contributed by atoms with Gasteiger partial charge in [0.2, 0.25) is 5.95 Å². The molecule has 2 heterocycles. The van der Waals surface area contributed by atoms with Gasteiger partial charge >= 0.3 is 0 Å². The summed E-state index contributed by atoms with van der Waals surface area (Å²) in [6.45, 7) is 4.32. The quantitative estimate of drug-likeness (QED) is 0.578. The Labute approximate surface area is 133 Å². The minimum atomic E-state index is 0.476. The molecule has 0 bridgehead atoms. The number of nitrogens with zero attached hydrogens (tertiary/aromatic N) is 2. The molecule has 0 aliphatic heterocycles. The van der Waals surface area contributed by atoms with E-state index in [2.05, 4.69) is 40.6 Å². The molecular formula is C14H21N5S2. The summed E-state index contributed by atoms with van der Waals surface area (Å²) in [5, 5.41) is 5.42. The minimum absolute atomic E-state index is 0.476. The van der Waals surface area contributed by atoms with E-state index in [0.29, 0.717) is 17.2 Å². The Morgan fingerprint density at radius 2 is 2.29 bits per heavy atom. The highest BCUT2D eigenvalue weighted by Gasteiger charge is 2.28. The molecule has 1 aliphatic carbocycles. The fourth-order valence-corrected chi connectivity index (χ4v) is 4.97. The van der Waals surface area contributed by atoms with Crippen molar-refractivity contribution in [1.82, 2.24) is 9.97 Å². The summed E-state index contributed by atoms with van der Waals surface area (Å²) in [6.07, 6.45) is 3.78. The third-order valence-electron chi connectivity index (χ3n) is 3.80. The zero-order chi connectivity index (χ0) is 14.8. The van der Waals surface area contributed by atoms with Crippen LogP contribution in [0.2, 0.25) is 0 Å². The van der Waals surface area contributed by atoms with Crippen LogP contribution in [0.5, 0.6) is 0 Å². The molecule has 4 N–H and O–H groups in total. The first kappa shape index (κ1) is 14.9. The van der Waals surface area contributed by atoms with E-state index >= 15 is 0 Å². The average molecular weight is 323 g/mol. The Morgan fingerprint density at radius 1 is 1.43 bits per heavy atom. The first-order valence-electron chi connectivity index (χ1n) is 7.34. The van der Waals surface area contributed by atoms with Gasteiger partial charge < -0.3 is 5.32 Å². The second kappa shape index (κ2) is 6.37. The van der Waals surface area contributed by atoms with E-state index in [-0.39, 0.29) is 0 Å². The van der Waals surface area contributed by atoms with Gasteiger partial charge in [0.15, 0.2) is 0 Å². The lowest BCUT2D eigenvalue weighted by molar-refractivity contribution is 0.764. The molecular weight excluding hydrogens is 302 g/mol. The van der Waals surface area contributed by atoms with Crippen LogP contribution in [0.3, 0.4) is 0 Å². The molecule has 2 atom stereocenters. The van der Waals surface area contributed by atoms with Crippen LogP contribution in [0.15, 0.2) is 6.07 Å². The van der Waals surface area contributed by atoms with E-state index in [4.69, 9.17) is 5.84 Å². The third kappa shape index (κ3) is 3.09. The lowest BCUT2D eigenvalue weighted by Gasteiger charge is -2.21. The van der Waals surface area contributed by atoms with Crippen molar-refractivity contribution in [2.75, 3.05) is 16.5 Å². The molecule has 0 amide bonds. The second-order valence-electron chi connectivity index (χ2n) is 5.29. The van der Waals surface area contributed by atoms with Gasteiger partial charge in [-0.2, -0.15) is 16.7 Å². The van der Waals surface area contributed by atoms with Crippen LogP contribution in [0.25, 0.3) is 10.2 Å². The smallest absolute Gasteiger partial charge is 0.240 e. The minimum Gasteiger partial charge on any atom is -0.366 e. The van der Waals surface area contributed by atoms with Gasteiger partial charge in [0.1, 0.15) is 10.6 Å². The van der Waals surface area contributed by atoms with Crippen LogP contribution in [0.4, 0.5) is 11.8 Å². The number of hydrazine groups is 1. The Balaban J connectivity index is 1.91. The van der Waals surface area contributed by atoms with Gasteiger partial charge in [0, 0.05) is 16.2 Å². The maximum atomic E-state index is 5.50. The summed E-state index contributed by atoms with van der Waals surface area (Å²) in [5.74, 6) is 8.04. The van der Waals surface area contributed by atoms with Crippen molar-refractivity contribution in [1.29, 1.82) is 0 Å². The summed E-state index contributed by atoms with van der Waals surface area (Å²) in [5.41, 5.74) is 2.57. The highest BCUT2D eigenvalue weighted by molar-refractivity contribution is 7.99. The molecule has 7 heteroatoms. The van der Waals surface area contributed by atoms with E-state index in [1.807, 2.05) is 11.8 Å². The molecule has 114 valence electrons. The molecule has 1 fully saturated rings. The summed E-state index contributed by atoms with van der Waals surface area (Å²) < 4.78 is 0. The highest BCUT2D eigenvalue weighted by atomic mass is 32.2. The number of thiophene rings is 1. The summed E-state index contributed by atoms with van der Waals surface area (Å²) in [6, 6.07) is 2.64. The SMILES string of the molecule is CCSC1CCCC1Nc1nc(NN)nc2sc(C)cc12. The standard InChI is InChI=1S/C14H21N5S2/c1-3-20-11-6-4-5-10(11)16-12-9-7-8(2)21-13(9)18-14(17-12)19-15/h7,10-11H,3-6,15H2,1-2H3,(H2,16,17,18,19). The van der Waals surface area contributed by atoms with Crippen LogP contribution < -0.4 is 16.6 Å². The van der Waals surface area contributed by atoms with Crippen LogP contribution in [0.1, 0.15) is 31.1 Å². The predicted octanol–water partition coefficient (Wildman–Crippen LogP) is 3.37. The van der Waals surface area contributed by atoms with E-state index in [9.17, 15) is 0 Å². The first-order chi connectivity index (χ1) is 10.2. The molecule has 0 radical (unpaired) electrons. The monoisotopic (exact) mass is 323 g/mol. The summed E-state index contributed by atoms with van der Waals surface area (Å²) >= 11 is 3.72. The van der Waals surface area contributed by atoms with Crippen molar-refractivity contribution < 1.29 is 0 Å². The normalized spacial score (nSPS) is 21.9. The highest BCUT2D eigenvalue weighted by Crippen LogP contribution is 2.35. The lowest BCUT2D eigenvalue weighted by atomic mass is 10.2. The van der Waals surface area contributed by atoms with Crippen molar-refractivity contribution in [3.8, 4) is 0 Å². The maximum Gasteiger partial charge on any atom is 0.240 e. The molecule has 21 heavy (non-hydrogen) atoms. The molecule has 1 saturated carbocycles. The third-order valence-corrected chi connectivity index (χ3v) is 6.07. The lowest BCUT2D eigenvalue weighted by Crippen LogP contribution is -2.27. The predicted molar refractivity (Wildman–Crippen MR) is 93.1 cm³/mol. The van der Waals surface area contributed by atoms with Crippen LogP contribution in [0, 0.1) is 6.92 Å². The summed E-state index contributed by atoms with van der Waals surface area (Å²) in [7, 11) is 0. The Kier molecular flexibility index (Phi) is 4.51. The number of anilines is 2. The Morgan fingerprint density at radius 3 is 3.05 bits per heavy atom. The number of fused-ring (bicyclic) bond motifs is 1. The fourth-order valence-electron chi connectivity index (χ4n) is 2.90. The molecule has 3 rings (SSSR count). The van der Waals surface area contributed by atoms with E-state index in [1.165, 1.54) is 24.1 Å². The number of nitrogens with two attached hydrogens (primary N) is 1. The van der Waals surface area contributed by atoms with Gasteiger partial charge in [-0.1, -0.05) is 13.3 Å². The van der Waals surface area contributed by atoms with Gasteiger partial charge in [0.25, 0.3) is 0 Å². The van der Waals surface area contributed by atoms with E-state index < -0.39 is 0 Å². The molecule has 0 spiro atoms. The molecule has 1 aliphatic rings. The van der Waals surface area contributed by atoms with Crippen molar-refractivity contribution in [2.24, 2.45) is 5.84 Å².